The molecule has 0 aliphatic rings. The fourth-order valence-corrected chi connectivity index (χ4v) is 2.42. The number of hydrogen-bond acceptors (Lipinski definition) is 3. The van der Waals surface area contributed by atoms with Crippen LogP contribution in [0.3, 0.4) is 0 Å². The van der Waals surface area contributed by atoms with E-state index in [2.05, 4.69) is 20.7 Å². The molecule has 0 fully saturated rings. The van der Waals surface area contributed by atoms with Crippen LogP contribution in [0.5, 0.6) is 0 Å². The van der Waals surface area contributed by atoms with Crippen LogP contribution in [-0.2, 0) is 17.5 Å². The molecule has 1 heterocycles. The smallest absolute Gasteiger partial charge is 0.416 e. The Labute approximate surface area is 137 Å². The molecule has 0 saturated carbocycles. The van der Waals surface area contributed by atoms with Crippen LogP contribution in [0.4, 0.5) is 13.2 Å². The molecule has 8 heteroatoms. The van der Waals surface area contributed by atoms with Gasteiger partial charge in [-0.2, -0.15) is 13.2 Å². The van der Waals surface area contributed by atoms with Gasteiger partial charge in [-0.05, 0) is 39.7 Å². The Morgan fingerprint density at radius 2 is 1.87 bits per heavy atom. The van der Waals surface area contributed by atoms with Crippen LogP contribution in [0.1, 0.15) is 21.5 Å². The zero-order chi connectivity index (χ0) is 17.2. The van der Waals surface area contributed by atoms with E-state index < -0.39 is 23.3 Å². The number of alkyl halides is 3. The van der Waals surface area contributed by atoms with E-state index in [4.69, 9.17) is 0 Å². The summed E-state index contributed by atoms with van der Waals surface area (Å²) in [5.41, 5.74) is -0.518. The number of methoxy groups -OCH3 is 1. The summed E-state index contributed by atoms with van der Waals surface area (Å²) in [4.78, 5) is 23.6. The van der Waals surface area contributed by atoms with Crippen LogP contribution in [0.2, 0.25) is 0 Å². The molecule has 122 valence electrons. The van der Waals surface area contributed by atoms with Crippen molar-refractivity contribution in [2.45, 2.75) is 12.7 Å². The van der Waals surface area contributed by atoms with Gasteiger partial charge in [0.1, 0.15) is 0 Å². The monoisotopic (exact) mass is 389 g/mol. The Hall–Kier alpha value is -2.09. The topological polar surface area (TPSA) is 48.3 Å². The average Bonchev–Trinajstić information content (AvgIpc) is 2.50. The summed E-state index contributed by atoms with van der Waals surface area (Å²) in [6.07, 6.45) is -3.11. The fraction of sp³-hybridized carbons (Fsp3) is 0.200. The van der Waals surface area contributed by atoms with Crippen LogP contribution in [-0.4, -0.2) is 17.6 Å². The first-order chi connectivity index (χ1) is 10.7. The number of hydrogen-bond donors (Lipinski definition) is 0. The predicted octanol–water partition coefficient (Wildman–Crippen LogP) is 3.46. The zero-order valence-electron chi connectivity index (χ0n) is 11.9. The largest absolute Gasteiger partial charge is 0.465 e. The molecule has 4 nitrogen and oxygen atoms in total. The lowest BCUT2D eigenvalue weighted by atomic mass is 10.1. The Morgan fingerprint density at radius 3 is 2.39 bits per heavy atom. The predicted molar refractivity (Wildman–Crippen MR) is 80.3 cm³/mol. The maximum atomic E-state index is 12.5. The van der Waals surface area contributed by atoms with Gasteiger partial charge in [0.2, 0.25) is 0 Å². The molecule has 2 rings (SSSR count). The van der Waals surface area contributed by atoms with Crippen LogP contribution in [0, 0.1) is 0 Å². The summed E-state index contributed by atoms with van der Waals surface area (Å²) in [6, 6.07) is 5.79. The molecule has 0 aliphatic carbocycles. The number of carbonyl (C=O) groups is 1. The molecule has 0 atom stereocenters. The van der Waals surface area contributed by atoms with Gasteiger partial charge in [-0.1, -0.05) is 12.1 Å². The molecule has 0 radical (unpaired) electrons. The van der Waals surface area contributed by atoms with Crippen molar-refractivity contribution in [1.82, 2.24) is 4.57 Å². The van der Waals surface area contributed by atoms with Gasteiger partial charge in [-0.3, -0.25) is 4.79 Å². The number of nitrogens with zero attached hydrogens (tertiary/aromatic N) is 1. The molecular weight excluding hydrogens is 379 g/mol. The maximum absolute atomic E-state index is 12.5. The van der Waals surface area contributed by atoms with Gasteiger partial charge in [-0.15, -0.1) is 0 Å². The zero-order valence-corrected chi connectivity index (χ0v) is 13.4. The summed E-state index contributed by atoms with van der Waals surface area (Å²) in [7, 11) is 1.21. The number of halogens is 4. The Bertz CT molecular complexity index is 782. The highest BCUT2D eigenvalue weighted by Crippen LogP contribution is 2.29. The molecule has 23 heavy (non-hydrogen) atoms. The minimum atomic E-state index is -4.41. The molecule has 0 amide bonds. The van der Waals surface area contributed by atoms with Crippen molar-refractivity contribution in [1.29, 1.82) is 0 Å². The summed E-state index contributed by atoms with van der Waals surface area (Å²) < 4.78 is 43.6. The molecule has 0 spiro atoms. The Balaban J connectivity index is 2.34. The van der Waals surface area contributed by atoms with Gasteiger partial charge in [0.05, 0.1) is 29.3 Å². The second-order valence-electron chi connectivity index (χ2n) is 4.70. The van der Waals surface area contributed by atoms with Crippen LogP contribution in [0.15, 0.2) is 45.8 Å². The minimum absolute atomic E-state index is 0.0282. The van der Waals surface area contributed by atoms with Gasteiger partial charge in [0.15, 0.2) is 0 Å². The highest BCUT2D eigenvalue weighted by Gasteiger charge is 2.29. The number of esters is 1. The number of pyridine rings is 1. The van der Waals surface area contributed by atoms with E-state index in [1.807, 2.05) is 0 Å². The summed E-state index contributed by atoms with van der Waals surface area (Å²) in [5.74, 6) is -0.619. The van der Waals surface area contributed by atoms with E-state index >= 15 is 0 Å². The van der Waals surface area contributed by atoms with Crippen molar-refractivity contribution in [3.8, 4) is 0 Å². The SMILES string of the molecule is COC(=O)c1cc(Br)c(=O)n(Cc2ccc(C(F)(F)F)cc2)c1. The number of rotatable bonds is 3. The molecule has 1 aromatic carbocycles. The van der Waals surface area contributed by atoms with Crippen LogP contribution < -0.4 is 5.56 Å². The quantitative estimate of drug-likeness (QED) is 0.755. The standard InChI is InChI=1S/C15H11BrF3NO3/c1-23-14(22)10-6-12(16)13(21)20(8-10)7-9-2-4-11(5-3-9)15(17,18)19/h2-6,8H,7H2,1H3. The molecule has 0 unspecified atom stereocenters. The summed E-state index contributed by atoms with van der Waals surface area (Å²) >= 11 is 3.06. The van der Waals surface area contributed by atoms with Crippen molar-refractivity contribution in [3.63, 3.8) is 0 Å². The number of carbonyl (C=O) groups excluding carboxylic acids is 1. The molecule has 1 aromatic heterocycles. The van der Waals surface area contributed by atoms with E-state index in [1.165, 1.54) is 36.1 Å². The second kappa shape index (κ2) is 6.57. The minimum Gasteiger partial charge on any atom is -0.465 e. The van der Waals surface area contributed by atoms with Crippen molar-refractivity contribution in [3.05, 3.63) is 68.0 Å². The van der Waals surface area contributed by atoms with Gasteiger partial charge in [-0.25, -0.2) is 4.79 Å². The van der Waals surface area contributed by atoms with Crippen LogP contribution >= 0.6 is 15.9 Å². The average molecular weight is 390 g/mol. The first-order valence-corrected chi connectivity index (χ1v) is 7.16. The lowest BCUT2D eigenvalue weighted by Gasteiger charge is -2.10. The van der Waals surface area contributed by atoms with Gasteiger partial charge in [0, 0.05) is 6.20 Å². The molecule has 2 aromatic rings. The van der Waals surface area contributed by atoms with E-state index in [9.17, 15) is 22.8 Å². The Kier molecular flexibility index (Phi) is 4.93. The van der Waals surface area contributed by atoms with Crippen molar-refractivity contribution < 1.29 is 22.7 Å². The third kappa shape index (κ3) is 4.01. The second-order valence-corrected chi connectivity index (χ2v) is 5.55. The molecule has 0 saturated heterocycles. The fourth-order valence-electron chi connectivity index (χ4n) is 1.94. The highest BCUT2D eigenvalue weighted by molar-refractivity contribution is 9.10. The van der Waals surface area contributed by atoms with Gasteiger partial charge < -0.3 is 9.30 Å². The van der Waals surface area contributed by atoms with Crippen molar-refractivity contribution in [2.24, 2.45) is 0 Å². The van der Waals surface area contributed by atoms with E-state index in [0.29, 0.717) is 5.56 Å². The summed E-state index contributed by atoms with van der Waals surface area (Å²) in [5, 5.41) is 0. The number of aromatic nitrogens is 1. The molecular formula is C15H11BrF3NO3. The Morgan fingerprint density at radius 1 is 1.26 bits per heavy atom. The number of benzene rings is 1. The first-order valence-electron chi connectivity index (χ1n) is 6.37. The normalized spacial score (nSPS) is 11.3. The van der Waals surface area contributed by atoms with E-state index in [-0.39, 0.29) is 16.6 Å². The molecule has 0 bridgehead atoms. The van der Waals surface area contributed by atoms with E-state index in [0.717, 1.165) is 12.1 Å². The van der Waals surface area contributed by atoms with Gasteiger partial charge in [0.25, 0.3) is 5.56 Å². The lowest BCUT2D eigenvalue weighted by molar-refractivity contribution is -0.137. The third-order valence-electron chi connectivity index (χ3n) is 3.10. The summed E-state index contributed by atoms with van der Waals surface area (Å²) in [6.45, 7) is 0.0282. The lowest BCUT2D eigenvalue weighted by Crippen LogP contribution is -2.23. The number of ether oxygens (including phenoxy) is 1. The van der Waals surface area contributed by atoms with Gasteiger partial charge >= 0.3 is 12.1 Å². The van der Waals surface area contributed by atoms with Crippen molar-refractivity contribution >= 4 is 21.9 Å². The highest BCUT2D eigenvalue weighted by atomic mass is 79.9. The third-order valence-corrected chi connectivity index (χ3v) is 3.67. The molecule has 0 N–H and O–H groups in total. The molecule has 0 aliphatic heterocycles. The van der Waals surface area contributed by atoms with Crippen molar-refractivity contribution in [2.75, 3.05) is 7.11 Å². The van der Waals surface area contributed by atoms with E-state index in [1.54, 1.807) is 0 Å². The maximum Gasteiger partial charge on any atom is 0.416 e. The first kappa shape index (κ1) is 17.3. The van der Waals surface area contributed by atoms with Crippen LogP contribution in [0.25, 0.3) is 0 Å².